The second-order valence-electron chi connectivity index (χ2n) is 5.49. The zero-order valence-corrected chi connectivity index (χ0v) is 11.6. The normalized spacial score (nSPS) is 19.1. The Morgan fingerprint density at radius 1 is 1.45 bits per heavy atom. The van der Waals surface area contributed by atoms with Gasteiger partial charge in [-0.1, -0.05) is 18.2 Å². The van der Waals surface area contributed by atoms with Crippen molar-refractivity contribution < 1.29 is 0 Å². The van der Waals surface area contributed by atoms with Crippen molar-refractivity contribution in [3.63, 3.8) is 0 Å². The molecule has 3 rings (SSSR count). The zero-order chi connectivity index (χ0) is 13.9. The molecule has 0 bridgehead atoms. The lowest BCUT2D eigenvalue weighted by Gasteiger charge is -2.13. The highest BCUT2D eigenvalue weighted by molar-refractivity contribution is 5.82. The van der Waals surface area contributed by atoms with Crippen LogP contribution in [0.4, 0.5) is 5.82 Å². The highest BCUT2D eigenvalue weighted by Crippen LogP contribution is 2.21. The Morgan fingerprint density at radius 3 is 3.05 bits per heavy atom. The summed E-state index contributed by atoms with van der Waals surface area (Å²) in [6, 6.07) is 12.0. The highest BCUT2D eigenvalue weighted by Gasteiger charge is 2.19. The molecule has 1 aromatic heterocycles. The Hall–Kier alpha value is -2.12. The second-order valence-corrected chi connectivity index (χ2v) is 5.49. The summed E-state index contributed by atoms with van der Waals surface area (Å²) in [6.45, 7) is 3.15. The van der Waals surface area contributed by atoms with Crippen molar-refractivity contribution >= 4 is 16.7 Å². The number of hydrogen-bond acceptors (Lipinski definition) is 4. The van der Waals surface area contributed by atoms with Gasteiger partial charge in [0.25, 0.3) is 0 Å². The molecule has 1 saturated heterocycles. The molecule has 1 aliphatic rings. The lowest BCUT2D eigenvalue weighted by atomic mass is 10.1. The van der Waals surface area contributed by atoms with Crippen LogP contribution in [0.25, 0.3) is 10.9 Å². The van der Waals surface area contributed by atoms with Gasteiger partial charge in [0.05, 0.1) is 11.1 Å². The molecule has 0 amide bonds. The third-order valence-corrected chi connectivity index (χ3v) is 3.89. The van der Waals surface area contributed by atoms with Crippen molar-refractivity contribution in [2.24, 2.45) is 5.92 Å². The van der Waals surface area contributed by atoms with E-state index >= 15 is 0 Å². The van der Waals surface area contributed by atoms with E-state index in [1.165, 1.54) is 6.42 Å². The molecule has 0 aliphatic carbocycles. The van der Waals surface area contributed by atoms with Crippen LogP contribution in [-0.2, 0) is 0 Å². The SMILES string of the molecule is CN1CCC(CNc2nc3ccccc3cc2C#N)C1. The molecule has 102 valence electrons. The summed E-state index contributed by atoms with van der Waals surface area (Å²) in [6.07, 6.45) is 1.21. The maximum absolute atomic E-state index is 9.27. The van der Waals surface area contributed by atoms with E-state index in [4.69, 9.17) is 0 Å². The van der Waals surface area contributed by atoms with Crippen LogP contribution in [0.3, 0.4) is 0 Å². The van der Waals surface area contributed by atoms with Crippen molar-refractivity contribution in [1.29, 1.82) is 5.26 Å². The van der Waals surface area contributed by atoms with Crippen LogP contribution < -0.4 is 5.32 Å². The predicted molar refractivity (Wildman–Crippen MR) is 80.6 cm³/mol. The number of benzene rings is 1. The molecule has 0 spiro atoms. The number of fused-ring (bicyclic) bond motifs is 1. The van der Waals surface area contributed by atoms with Gasteiger partial charge in [-0.25, -0.2) is 4.98 Å². The van der Waals surface area contributed by atoms with E-state index in [9.17, 15) is 5.26 Å². The van der Waals surface area contributed by atoms with E-state index in [1.54, 1.807) is 0 Å². The van der Waals surface area contributed by atoms with Gasteiger partial charge in [-0.15, -0.1) is 0 Å². The monoisotopic (exact) mass is 266 g/mol. The van der Waals surface area contributed by atoms with Crippen LogP contribution in [0.5, 0.6) is 0 Å². The van der Waals surface area contributed by atoms with Crippen molar-refractivity contribution in [2.75, 3.05) is 32.0 Å². The number of aromatic nitrogens is 1. The quantitative estimate of drug-likeness (QED) is 0.927. The Labute approximate surface area is 119 Å². The lowest BCUT2D eigenvalue weighted by molar-refractivity contribution is 0.399. The number of likely N-dealkylation sites (tertiary alicyclic amines) is 1. The first-order chi connectivity index (χ1) is 9.76. The van der Waals surface area contributed by atoms with Crippen molar-refractivity contribution in [2.45, 2.75) is 6.42 Å². The molecule has 0 saturated carbocycles. The first-order valence-corrected chi connectivity index (χ1v) is 6.98. The zero-order valence-electron chi connectivity index (χ0n) is 11.6. The maximum atomic E-state index is 9.27. The number of nitriles is 1. The van der Waals surface area contributed by atoms with Gasteiger partial charge in [0.2, 0.25) is 0 Å². The number of pyridine rings is 1. The van der Waals surface area contributed by atoms with Crippen LogP contribution in [0.2, 0.25) is 0 Å². The molecule has 1 atom stereocenters. The fourth-order valence-corrected chi connectivity index (χ4v) is 2.77. The van der Waals surface area contributed by atoms with Crippen molar-refractivity contribution in [3.8, 4) is 6.07 Å². The summed E-state index contributed by atoms with van der Waals surface area (Å²) < 4.78 is 0. The van der Waals surface area contributed by atoms with Gasteiger partial charge < -0.3 is 10.2 Å². The number of para-hydroxylation sites is 1. The Kier molecular flexibility index (Phi) is 3.53. The number of hydrogen-bond donors (Lipinski definition) is 1. The van der Waals surface area contributed by atoms with Crippen LogP contribution in [0, 0.1) is 17.2 Å². The molecule has 0 radical (unpaired) electrons. The average Bonchev–Trinajstić information content (AvgIpc) is 2.89. The van der Waals surface area contributed by atoms with Gasteiger partial charge in [-0.3, -0.25) is 0 Å². The van der Waals surface area contributed by atoms with Crippen LogP contribution in [-0.4, -0.2) is 36.6 Å². The van der Waals surface area contributed by atoms with E-state index in [-0.39, 0.29) is 0 Å². The van der Waals surface area contributed by atoms with E-state index in [2.05, 4.69) is 28.3 Å². The first-order valence-electron chi connectivity index (χ1n) is 6.98. The van der Waals surface area contributed by atoms with Gasteiger partial charge in [0.15, 0.2) is 0 Å². The minimum atomic E-state index is 0.620. The molecule has 1 N–H and O–H groups in total. The fraction of sp³-hybridized carbons (Fsp3) is 0.375. The topological polar surface area (TPSA) is 52.0 Å². The maximum Gasteiger partial charge on any atom is 0.144 e. The molecule has 1 unspecified atom stereocenters. The molecule has 1 aliphatic heterocycles. The smallest absolute Gasteiger partial charge is 0.144 e. The predicted octanol–water partition coefficient (Wildman–Crippen LogP) is 2.47. The summed E-state index contributed by atoms with van der Waals surface area (Å²) in [5, 5.41) is 13.6. The van der Waals surface area contributed by atoms with Crippen molar-refractivity contribution in [3.05, 3.63) is 35.9 Å². The Morgan fingerprint density at radius 2 is 2.30 bits per heavy atom. The first kappa shape index (κ1) is 12.9. The van der Waals surface area contributed by atoms with Gasteiger partial charge in [0.1, 0.15) is 11.9 Å². The van der Waals surface area contributed by atoms with Crippen LogP contribution in [0.1, 0.15) is 12.0 Å². The summed E-state index contributed by atoms with van der Waals surface area (Å²) in [5.74, 6) is 1.35. The minimum Gasteiger partial charge on any atom is -0.369 e. The molecule has 1 aromatic carbocycles. The molecule has 4 heteroatoms. The molecule has 2 aromatic rings. The minimum absolute atomic E-state index is 0.620. The number of rotatable bonds is 3. The van der Waals surface area contributed by atoms with E-state index in [0.29, 0.717) is 17.3 Å². The van der Waals surface area contributed by atoms with Crippen LogP contribution in [0.15, 0.2) is 30.3 Å². The van der Waals surface area contributed by atoms with E-state index in [0.717, 1.165) is 30.5 Å². The van der Waals surface area contributed by atoms with Gasteiger partial charge in [-0.2, -0.15) is 5.26 Å². The Balaban J connectivity index is 1.81. The van der Waals surface area contributed by atoms with Gasteiger partial charge in [-0.05, 0) is 38.1 Å². The summed E-state index contributed by atoms with van der Waals surface area (Å²) >= 11 is 0. The Bertz CT molecular complexity index is 659. The largest absolute Gasteiger partial charge is 0.369 e. The van der Waals surface area contributed by atoms with E-state index < -0.39 is 0 Å². The molecular weight excluding hydrogens is 248 g/mol. The molecule has 20 heavy (non-hydrogen) atoms. The van der Waals surface area contributed by atoms with Gasteiger partial charge in [0, 0.05) is 18.5 Å². The van der Waals surface area contributed by atoms with E-state index in [1.807, 2.05) is 30.3 Å². The summed E-state index contributed by atoms with van der Waals surface area (Å²) in [4.78, 5) is 6.92. The molecule has 1 fully saturated rings. The number of anilines is 1. The fourth-order valence-electron chi connectivity index (χ4n) is 2.77. The van der Waals surface area contributed by atoms with Crippen molar-refractivity contribution in [1.82, 2.24) is 9.88 Å². The molecule has 2 heterocycles. The third-order valence-electron chi connectivity index (χ3n) is 3.89. The lowest BCUT2D eigenvalue weighted by Crippen LogP contribution is -2.19. The number of nitrogens with zero attached hydrogens (tertiary/aromatic N) is 3. The van der Waals surface area contributed by atoms with Crippen LogP contribution >= 0.6 is 0 Å². The second kappa shape index (κ2) is 5.48. The summed E-state index contributed by atoms with van der Waals surface area (Å²) in [7, 11) is 2.15. The third kappa shape index (κ3) is 2.59. The highest BCUT2D eigenvalue weighted by atomic mass is 15.1. The van der Waals surface area contributed by atoms with Gasteiger partial charge >= 0.3 is 0 Å². The molecular formula is C16H18N4. The standard InChI is InChI=1S/C16H18N4/c1-20-7-6-12(11-20)10-18-16-14(9-17)8-13-4-2-3-5-15(13)19-16/h2-5,8,12H,6-7,10-11H2,1H3,(H,18,19). The average molecular weight is 266 g/mol. The summed E-state index contributed by atoms with van der Waals surface area (Å²) in [5.41, 5.74) is 1.55. The number of nitrogens with one attached hydrogen (secondary N) is 1. The molecule has 4 nitrogen and oxygen atoms in total.